The standard InChI is InChI=1S/C21H28FNO2/c1-23-9-6-14(7-10-23)19-12-16(19)8-11-25-17-4-5-18(20(22)13-17)21(24)15-2-3-15/h4-5,13-16,19H,2-3,6-12H2,1H3. The van der Waals surface area contributed by atoms with Gasteiger partial charge in [-0.25, -0.2) is 4.39 Å². The highest BCUT2D eigenvalue weighted by atomic mass is 19.1. The molecule has 1 saturated heterocycles. The van der Waals surface area contributed by atoms with Crippen LogP contribution in [0.5, 0.6) is 5.75 Å². The summed E-state index contributed by atoms with van der Waals surface area (Å²) in [7, 11) is 2.21. The second-order valence-electron chi connectivity index (χ2n) is 8.22. The quantitative estimate of drug-likeness (QED) is 0.695. The van der Waals surface area contributed by atoms with E-state index >= 15 is 0 Å². The number of hydrogen-bond acceptors (Lipinski definition) is 3. The normalized spacial score (nSPS) is 27.3. The van der Waals surface area contributed by atoms with Gasteiger partial charge in [-0.3, -0.25) is 4.79 Å². The molecule has 3 nitrogen and oxygen atoms in total. The summed E-state index contributed by atoms with van der Waals surface area (Å²) in [5.74, 6) is 2.66. The number of carbonyl (C=O) groups is 1. The molecular weight excluding hydrogens is 317 g/mol. The van der Waals surface area contributed by atoms with Crippen molar-refractivity contribution < 1.29 is 13.9 Å². The number of piperidine rings is 1. The summed E-state index contributed by atoms with van der Waals surface area (Å²) in [5.41, 5.74) is 0.222. The van der Waals surface area contributed by atoms with Gasteiger partial charge in [0.25, 0.3) is 0 Å². The van der Waals surface area contributed by atoms with Gasteiger partial charge in [-0.2, -0.15) is 0 Å². The molecule has 0 radical (unpaired) electrons. The zero-order valence-electron chi connectivity index (χ0n) is 15.0. The summed E-state index contributed by atoms with van der Waals surface area (Å²) in [6, 6.07) is 4.70. The first-order chi connectivity index (χ1) is 12.1. The molecule has 0 amide bonds. The van der Waals surface area contributed by atoms with Crippen molar-refractivity contribution in [2.75, 3.05) is 26.7 Å². The molecule has 2 saturated carbocycles. The third-order valence-electron chi connectivity index (χ3n) is 6.26. The van der Waals surface area contributed by atoms with E-state index in [1.165, 1.54) is 38.4 Å². The summed E-state index contributed by atoms with van der Waals surface area (Å²) in [6.45, 7) is 3.11. The highest BCUT2D eigenvalue weighted by molar-refractivity contribution is 5.99. The second kappa shape index (κ2) is 7.06. The SMILES string of the molecule is CN1CCC(C2CC2CCOc2ccc(C(=O)C3CC3)c(F)c2)CC1. The molecular formula is C21H28FNO2. The Balaban J connectivity index is 1.22. The molecule has 136 valence electrons. The third-order valence-corrected chi connectivity index (χ3v) is 6.26. The Hall–Kier alpha value is -1.42. The zero-order valence-corrected chi connectivity index (χ0v) is 15.0. The number of halogens is 1. The molecule has 4 rings (SSSR count). The van der Waals surface area contributed by atoms with Crippen LogP contribution < -0.4 is 4.74 Å². The molecule has 1 aromatic carbocycles. The Kier molecular flexibility index (Phi) is 4.81. The maximum absolute atomic E-state index is 14.1. The van der Waals surface area contributed by atoms with Gasteiger partial charge in [0.05, 0.1) is 12.2 Å². The van der Waals surface area contributed by atoms with E-state index in [2.05, 4.69) is 11.9 Å². The van der Waals surface area contributed by atoms with Crippen LogP contribution in [0.25, 0.3) is 0 Å². The van der Waals surface area contributed by atoms with E-state index in [1.54, 1.807) is 12.1 Å². The van der Waals surface area contributed by atoms with Gasteiger partial charge in [-0.15, -0.1) is 0 Å². The molecule has 0 N–H and O–H groups in total. The minimum absolute atomic E-state index is 0.0487. The number of ether oxygens (including phenoxy) is 1. The molecule has 2 atom stereocenters. The van der Waals surface area contributed by atoms with Gasteiger partial charge in [0.1, 0.15) is 11.6 Å². The topological polar surface area (TPSA) is 29.5 Å². The average Bonchev–Trinajstić information content (AvgIpc) is 3.50. The average molecular weight is 345 g/mol. The predicted octanol–water partition coefficient (Wildman–Crippen LogP) is 4.17. The fraction of sp³-hybridized carbons (Fsp3) is 0.667. The summed E-state index contributed by atoms with van der Waals surface area (Å²) in [5, 5.41) is 0. The van der Waals surface area contributed by atoms with Crippen molar-refractivity contribution in [3.8, 4) is 5.75 Å². The van der Waals surface area contributed by atoms with Crippen LogP contribution >= 0.6 is 0 Å². The highest BCUT2D eigenvalue weighted by Gasteiger charge is 2.42. The Morgan fingerprint density at radius 3 is 2.68 bits per heavy atom. The second-order valence-corrected chi connectivity index (χ2v) is 8.22. The molecule has 0 aromatic heterocycles. The van der Waals surface area contributed by atoms with Gasteiger partial charge in [0, 0.05) is 12.0 Å². The Labute approximate surface area is 149 Å². The Bertz CT molecular complexity index is 635. The number of benzene rings is 1. The summed E-state index contributed by atoms with van der Waals surface area (Å²) in [6.07, 6.45) is 6.86. The van der Waals surface area contributed by atoms with Crippen molar-refractivity contribution in [2.24, 2.45) is 23.7 Å². The van der Waals surface area contributed by atoms with E-state index in [0.717, 1.165) is 37.0 Å². The Morgan fingerprint density at radius 1 is 1.24 bits per heavy atom. The van der Waals surface area contributed by atoms with Crippen molar-refractivity contribution in [3.05, 3.63) is 29.6 Å². The van der Waals surface area contributed by atoms with Gasteiger partial charge in [0.2, 0.25) is 0 Å². The van der Waals surface area contributed by atoms with Crippen molar-refractivity contribution in [3.63, 3.8) is 0 Å². The van der Waals surface area contributed by atoms with Gasteiger partial charge in [-0.05, 0) is 88.5 Å². The third kappa shape index (κ3) is 4.05. The lowest BCUT2D eigenvalue weighted by Gasteiger charge is -2.29. The van der Waals surface area contributed by atoms with E-state index in [-0.39, 0.29) is 17.3 Å². The molecule has 1 aliphatic heterocycles. The maximum Gasteiger partial charge on any atom is 0.168 e. The van der Waals surface area contributed by atoms with Crippen molar-refractivity contribution in [1.82, 2.24) is 4.90 Å². The molecule has 1 heterocycles. The van der Waals surface area contributed by atoms with Crippen molar-refractivity contribution in [2.45, 2.75) is 38.5 Å². The van der Waals surface area contributed by atoms with E-state index in [1.807, 2.05) is 0 Å². The van der Waals surface area contributed by atoms with E-state index in [9.17, 15) is 9.18 Å². The first-order valence-corrected chi connectivity index (χ1v) is 9.77. The maximum atomic E-state index is 14.1. The molecule has 25 heavy (non-hydrogen) atoms. The molecule has 0 spiro atoms. The lowest BCUT2D eigenvalue weighted by Crippen LogP contribution is -2.31. The van der Waals surface area contributed by atoms with E-state index in [4.69, 9.17) is 4.74 Å². The molecule has 3 fully saturated rings. The fourth-order valence-electron chi connectivity index (χ4n) is 4.32. The van der Waals surface area contributed by atoms with Crippen LogP contribution in [0.4, 0.5) is 4.39 Å². The largest absolute Gasteiger partial charge is 0.493 e. The van der Waals surface area contributed by atoms with E-state index < -0.39 is 5.82 Å². The van der Waals surface area contributed by atoms with Crippen LogP contribution in [-0.2, 0) is 0 Å². The number of carbonyl (C=O) groups excluding carboxylic acids is 1. The molecule has 2 aliphatic carbocycles. The first kappa shape index (κ1) is 17.0. The van der Waals surface area contributed by atoms with Gasteiger partial charge < -0.3 is 9.64 Å². The lowest BCUT2D eigenvalue weighted by molar-refractivity contribution is 0.0963. The lowest BCUT2D eigenvalue weighted by atomic mass is 9.91. The molecule has 2 unspecified atom stereocenters. The van der Waals surface area contributed by atoms with Gasteiger partial charge >= 0.3 is 0 Å². The fourth-order valence-corrected chi connectivity index (χ4v) is 4.32. The number of Topliss-reactive ketones (excluding diaryl/α,β-unsaturated/α-hetero) is 1. The minimum Gasteiger partial charge on any atom is -0.493 e. The van der Waals surface area contributed by atoms with Crippen molar-refractivity contribution in [1.29, 1.82) is 0 Å². The smallest absolute Gasteiger partial charge is 0.168 e. The highest BCUT2D eigenvalue weighted by Crippen LogP contribution is 2.49. The van der Waals surface area contributed by atoms with Crippen molar-refractivity contribution >= 4 is 5.78 Å². The molecule has 3 aliphatic rings. The minimum atomic E-state index is -0.440. The zero-order chi connectivity index (χ0) is 17.4. The van der Waals surface area contributed by atoms with Crippen LogP contribution in [0.1, 0.15) is 48.9 Å². The number of ketones is 1. The summed E-state index contributed by atoms with van der Waals surface area (Å²) < 4.78 is 19.9. The first-order valence-electron chi connectivity index (χ1n) is 9.77. The number of rotatable bonds is 7. The van der Waals surface area contributed by atoms with Crippen LogP contribution in [0.3, 0.4) is 0 Å². The van der Waals surface area contributed by atoms with Crippen LogP contribution in [0.15, 0.2) is 18.2 Å². The molecule has 4 heteroatoms. The van der Waals surface area contributed by atoms with E-state index in [0.29, 0.717) is 12.4 Å². The van der Waals surface area contributed by atoms with Gasteiger partial charge in [0.15, 0.2) is 5.78 Å². The monoisotopic (exact) mass is 345 g/mol. The van der Waals surface area contributed by atoms with Crippen LogP contribution in [-0.4, -0.2) is 37.4 Å². The summed E-state index contributed by atoms with van der Waals surface area (Å²) in [4.78, 5) is 14.4. The predicted molar refractivity (Wildman–Crippen MR) is 95.4 cm³/mol. The van der Waals surface area contributed by atoms with Crippen LogP contribution in [0.2, 0.25) is 0 Å². The number of nitrogens with zero attached hydrogens (tertiary/aromatic N) is 1. The Morgan fingerprint density at radius 2 is 2.00 bits per heavy atom. The summed E-state index contributed by atoms with van der Waals surface area (Å²) >= 11 is 0. The number of hydrogen-bond donors (Lipinski definition) is 0. The van der Waals surface area contributed by atoms with Crippen LogP contribution in [0, 0.1) is 29.5 Å². The molecule has 1 aromatic rings. The number of likely N-dealkylation sites (tertiary alicyclic amines) is 1. The van der Waals surface area contributed by atoms with Gasteiger partial charge in [-0.1, -0.05) is 0 Å². The molecule has 0 bridgehead atoms.